The van der Waals surface area contributed by atoms with Gasteiger partial charge in [0, 0.05) is 12.0 Å². The Morgan fingerprint density at radius 3 is 2.67 bits per heavy atom. The van der Waals surface area contributed by atoms with Crippen molar-refractivity contribution in [3.8, 4) is 6.07 Å². The second-order valence-electron chi connectivity index (χ2n) is 3.00. The van der Waals surface area contributed by atoms with Gasteiger partial charge in [0.2, 0.25) is 0 Å². The Bertz CT molecular complexity index is 289. The number of nitrogens with zero attached hydrogens (tertiary/aromatic N) is 2. The SMILES string of the molecule is Cc1noc(C)c1C(C)CC#N. The maximum atomic E-state index is 8.52. The van der Waals surface area contributed by atoms with Crippen LogP contribution in [-0.4, -0.2) is 5.16 Å². The zero-order valence-electron chi connectivity index (χ0n) is 7.59. The first-order chi connectivity index (χ1) is 5.66. The minimum Gasteiger partial charge on any atom is -0.361 e. The van der Waals surface area contributed by atoms with Crippen molar-refractivity contribution in [2.45, 2.75) is 33.1 Å². The summed E-state index contributed by atoms with van der Waals surface area (Å²) in [6.07, 6.45) is 0.517. The zero-order valence-corrected chi connectivity index (χ0v) is 7.59. The summed E-state index contributed by atoms with van der Waals surface area (Å²) >= 11 is 0. The summed E-state index contributed by atoms with van der Waals surface area (Å²) in [4.78, 5) is 0. The number of hydrogen-bond donors (Lipinski definition) is 0. The Morgan fingerprint density at radius 2 is 2.25 bits per heavy atom. The molecule has 0 saturated heterocycles. The summed E-state index contributed by atoms with van der Waals surface area (Å²) in [5.74, 6) is 1.05. The highest BCUT2D eigenvalue weighted by Crippen LogP contribution is 2.24. The third-order valence-electron chi connectivity index (χ3n) is 1.98. The minimum absolute atomic E-state index is 0.223. The Balaban J connectivity index is 2.94. The molecule has 0 aliphatic rings. The molecule has 3 nitrogen and oxygen atoms in total. The third kappa shape index (κ3) is 1.48. The summed E-state index contributed by atoms with van der Waals surface area (Å²) < 4.78 is 5.00. The summed E-state index contributed by atoms with van der Waals surface area (Å²) in [7, 11) is 0. The van der Waals surface area contributed by atoms with Gasteiger partial charge in [-0.1, -0.05) is 12.1 Å². The van der Waals surface area contributed by atoms with Crippen LogP contribution in [-0.2, 0) is 0 Å². The van der Waals surface area contributed by atoms with E-state index in [1.165, 1.54) is 0 Å². The number of rotatable bonds is 2. The maximum Gasteiger partial charge on any atom is 0.137 e. The van der Waals surface area contributed by atoms with E-state index in [1.54, 1.807) is 0 Å². The Hall–Kier alpha value is -1.30. The molecule has 0 aliphatic carbocycles. The topological polar surface area (TPSA) is 49.8 Å². The molecule has 1 atom stereocenters. The molecule has 1 unspecified atom stereocenters. The smallest absolute Gasteiger partial charge is 0.137 e. The van der Waals surface area contributed by atoms with Gasteiger partial charge in [0.15, 0.2) is 0 Å². The highest BCUT2D eigenvalue weighted by atomic mass is 16.5. The van der Waals surface area contributed by atoms with Crippen molar-refractivity contribution >= 4 is 0 Å². The van der Waals surface area contributed by atoms with Crippen molar-refractivity contribution < 1.29 is 4.52 Å². The van der Waals surface area contributed by atoms with Crippen LogP contribution in [0, 0.1) is 25.2 Å². The number of aromatic nitrogens is 1. The van der Waals surface area contributed by atoms with Crippen LogP contribution in [0.2, 0.25) is 0 Å². The molecule has 0 radical (unpaired) electrons. The Labute approximate surface area is 72.0 Å². The van der Waals surface area contributed by atoms with Crippen LogP contribution in [0.1, 0.15) is 36.3 Å². The molecule has 64 valence electrons. The second kappa shape index (κ2) is 3.40. The van der Waals surface area contributed by atoms with E-state index in [-0.39, 0.29) is 5.92 Å². The first kappa shape index (κ1) is 8.79. The lowest BCUT2D eigenvalue weighted by Crippen LogP contribution is -1.94. The standard InChI is InChI=1S/C9H12N2O/c1-6(4-5-10)9-7(2)11-12-8(9)3/h6H,4H2,1-3H3. The molecule has 0 aliphatic heterocycles. The van der Waals surface area contributed by atoms with Crippen molar-refractivity contribution in [2.24, 2.45) is 0 Å². The van der Waals surface area contributed by atoms with Crippen molar-refractivity contribution in [1.82, 2.24) is 5.16 Å². The predicted molar refractivity (Wildman–Crippen MR) is 44.6 cm³/mol. The van der Waals surface area contributed by atoms with Crippen molar-refractivity contribution in [3.63, 3.8) is 0 Å². The number of nitriles is 1. The highest BCUT2D eigenvalue weighted by Gasteiger charge is 2.15. The molecule has 0 aromatic carbocycles. The quantitative estimate of drug-likeness (QED) is 0.673. The van der Waals surface area contributed by atoms with E-state index >= 15 is 0 Å². The molecule has 12 heavy (non-hydrogen) atoms. The van der Waals surface area contributed by atoms with Gasteiger partial charge in [0.05, 0.1) is 11.8 Å². The highest BCUT2D eigenvalue weighted by molar-refractivity contribution is 5.25. The lowest BCUT2D eigenvalue weighted by atomic mass is 9.97. The van der Waals surface area contributed by atoms with E-state index in [2.05, 4.69) is 11.2 Å². The van der Waals surface area contributed by atoms with E-state index < -0.39 is 0 Å². The normalized spacial score (nSPS) is 12.5. The lowest BCUT2D eigenvalue weighted by Gasteiger charge is -2.04. The first-order valence-electron chi connectivity index (χ1n) is 3.96. The molecular formula is C9H12N2O. The molecule has 1 aromatic rings. The van der Waals surface area contributed by atoms with Crippen LogP contribution >= 0.6 is 0 Å². The fourth-order valence-corrected chi connectivity index (χ4v) is 1.43. The Kier molecular flexibility index (Phi) is 2.49. The second-order valence-corrected chi connectivity index (χ2v) is 3.00. The van der Waals surface area contributed by atoms with Gasteiger partial charge in [0.1, 0.15) is 5.76 Å². The van der Waals surface area contributed by atoms with Crippen LogP contribution in [0.3, 0.4) is 0 Å². The lowest BCUT2D eigenvalue weighted by molar-refractivity contribution is 0.391. The van der Waals surface area contributed by atoms with E-state index in [9.17, 15) is 0 Å². The minimum atomic E-state index is 0.223. The maximum absolute atomic E-state index is 8.52. The molecule has 3 heteroatoms. The van der Waals surface area contributed by atoms with Gasteiger partial charge < -0.3 is 4.52 Å². The molecular weight excluding hydrogens is 152 g/mol. The number of hydrogen-bond acceptors (Lipinski definition) is 3. The zero-order chi connectivity index (χ0) is 9.14. The molecule has 0 fully saturated rings. The average molecular weight is 164 g/mol. The van der Waals surface area contributed by atoms with Gasteiger partial charge in [0.25, 0.3) is 0 Å². The fourth-order valence-electron chi connectivity index (χ4n) is 1.43. The van der Waals surface area contributed by atoms with Crippen molar-refractivity contribution in [2.75, 3.05) is 0 Å². The molecule has 0 N–H and O–H groups in total. The van der Waals surface area contributed by atoms with Crippen LogP contribution in [0.15, 0.2) is 4.52 Å². The van der Waals surface area contributed by atoms with Gasteiger partial charge in [-0.25, -0.2) is 0 Å². The summed E-state index contributed by atoms with van der Waals surface area (Å²) in [5.41, 5.74) is 1.98. The molecule has 1 rings (SSSR count). The van der Waals surface area contributed by atoms with Crippen LogP contribution in [0.4, 0.5) is 0 Å². The van der Waals surface area contributed by atoms with Crippen LogP contribution < -0.4 is 0 Å². The van der Waals surface area contributed by atoms with Crippen LogP contribution in [0.25, 0.3) is 0 Å². The first-order valence-corrected chi connectivity index (χ1v) is 3.96. The molecule has 0 bridgehead atoms. The summed E-state index contributed by atoms with van der Waals surface area (Å²) in [5, 5.41) is 12.4. The third-order valence-corrected chi connectivity index (χ3v) is 1.98. The largest absolute Gasteiger partial charge is 0.361 e. The van der Waals surface area contributed by atoms with E-state index in [0.717, 1.165) is 17.0 Å². The summed E-state index contributed by atoms with van der Waals surface area (Å²) in [6, 6.07) is 2.14. The van der Waals surface area contributed by atoms with Gasteiger partial charge in [-0.15, -0.1) is 0 Å². The van der Waals surface area contributed by atoms with Gasteiger partial charge in [-0.2, -0.15) is 5.26 Å². The van der Waals surface area contributed by atoms with Crippen molar-refractivity contribution in [3.05, 3.63) is 17.0 Å². The molecule has 1 heterocycles. The van der Waals surface area contributed by atoms with Gasteiger partial charge in [-0.05, 0) is 19.8 Å². The van der Waals surface area contributed by atoms with E-state index in [4.69, 9.17) is 9.78 Å². The predicted octanol–water partition coefficient (Wildman–Crippen LogP) is 2.31. The number of aryl methyl sites for hydroxylation is 2. The monoisotopic (exact) mass is 164 g/mol. The summed E-state index contributed by atoms with van der Waals surface area (Å²) in [6.45, 7) is 5.79. The molecule has 1 aromatic heterocycles. The average Bonchev–Trinajstić information content (AvgIpc) is 2.32. The van der Waals surface area contributed by atoms with E-state index in [0.29, 0.717) is 6.42 Å². The molecule has 0 saturated carbocycles. The van der Waals surface area contributed by atoms with Crippen LogP contribution in [0.5, 0.6) is 0 Å². The van der Waals surface area contributed by atoms with E-state index in [1.807, 2.05) is 20.8 Å². The molecule has 0 amide bonds. The Morgan fingerprint density at radius 1 is 1.58 bits per heavy atom. The fraction of sp³-hybridized carbons (Fsp3) is 0.556. The van der Waals surface area contributed by atoms with Gasteiger partial charge >= 0.3 is 0 Å². The van der Waals surface area contributed by atoms with Crippen molar-refractivity contribution in [1.29, 1.82) is 5.26 Å². The van der Waals surface area contributed by atoms with Gasteiger partial charge in [-0.3, -0.25) is 0 Å². The molecule has 0 spiro atoms.